The molecule has 2 atom stereocenters. The van der Waals surface area contributed by atoms with Crippen LogP contribution < -0.4 is 5.32 Å². The van der Waals surface area contributed by atoms with E-state index in [2.05, 4.69) is 10.3 Å². The van der Waals surface area contributed by atoms with Gasteiger partial charge in [-0.25, -0.2) is 0 Å². The summed E-state index contributed by atoms with van der Waals surface area (Å²) in [4.78, 5) is 16.9. The van der Waals surface area contributed by atoms with Gasteiger partial charge in [-0.15, -0.1) is 0 Å². The van der Waals surface area contributed by atoms with Gasteiger partial charge in [0.1, 0.15) is 0 Å². The summed E-state index contributed by atoms with van der Waals surface area (Å²) in [5, 5.41) is 13.7. The number of benzene rings is 1. The molecule has 0 spiro atoms. The van der Waals surface area contributed by atoms with Crippen LogP contribution in [0.4, 0.5) is 0 Å². The first-order valence-electron chi connectivity index (χ1n) is 7.48. The van der Waals surface area contributed by atoms with Gasteiger partial charge in [-0.05, 0) is 31.9 Å². The first-order chi connectivity index (χ1) is 10.1. The summed E-state index contributed by atoms with van der Waals surface area (Å²) < 4.78 is 0. The van der Waals surface area contributed by atoms with Crippen molar-refractivity contribution in [3.05, 3.63) is 41.6 Å². The Labute approximate surface area is 124 Å². The van der Waals surface area contributed by atoms with E-state index in [9.17, 15) is 9.90 Å². The van der Waals surface area contributed by atoms with Crippen LogP contribution in [0.3, 0.4) is 0 Å². The maximum absolute atomic E-state index is 12.4. The molecule has 1 aliphatic rings. The molecule has 110 valence electrons. The van der Waals surface area contributed by atoms with Crippen molar-refractivity contribution in [1.82, 2.24) is 10.3 Å². The fourth-order valence-corrected chi connectivity index (χ4v) is 3.00. The Morgan fingerprint density at radius 2 is 2.19 bits per heavy atom. The number of carbonyl (C=O) groups is 1. The van der Waals surface area contributed by atoms with Crippen LogP contribution in [0.15, 0.2) is 30.3 Å². The number of fused-ring (bicyclic) bond motifs is 1. The predicted molar refractivity (Wildman–Crippen MR) is 82.2 cm³/mol. The van der Waals surface area contributed by atoms with Gasteiger partial charge in [-0.1, -0.05) is 24.6 Å². The number of para-hydroxylation sites is 1. The highest BCUT2D eigenvalue weighted by atomic mass is 16.3. The Morgan fingerprint density at radius 1 is 1.33 bits per heavy atom. The molecule has 1 saturated carbocycles. The zero-order valence-electron chi connectivity index (χ0n) is 12.2. The van der Waals surface area contributed by atoms with Gasteiger partial charge in [-0.2, -0.15) is 0 Å². The van der Waals surface area contributed by atoms with Crippen molar-refractivity contribution in [2.45, 2.75) is 32.3 Å². The third-order valence-corrected chi connectivity index (χ3v) is 4.25. The smallest absolute Gasteiger partial charge is 0.253 e. The lowest BCUT2D eigenvalue weighted by Crippen LogP contribution is -2.32. The summed E-state index contributed by atoms with van der Waals surface area (Å²) in [5.74, 6) is 0.0661. The Morgan fingerprint density at radius 3 is 2.95 bits per heavy atom. The van der Waals surface area contributed by atoms with Gasteiger partial charge < -0.3 is 10.4 Å². The zero-order valence-corrected chi connectivity index (χ0v) is 12.2. The second-order valence-electron chi connectivity index (χ2n) is 5.80. The van der Waals surface area contributed by atoms with Gasteiger partial charge >= 0.3 is 0 Å². The monoisotopic (exact) mass is 284 g/mol. The number of pyridine rings is 1. The molecule has 1 fully saturated rings. The third kappa shape index (κ3) is 2.90. The minimum absolute atomic E-state index is 0.113. The third-order valence-electron chi connectivity index (χ3n) is 4.25. The molecule has 4 nitrogen and oxygen atoms in total. The molecular weight excluding hydrogens is 264 g/mol. The first-order valence-corrected chi connectivity index (χ1v) is 7.48. The molecule has 4 heteroatoms. The fourth-order valence-electron chi connectivity index (χ4n) is 3.00. The number of hydrogen-bond acceptors (Lipinski definition) is 3. The maximum atomic E-state index is 12.4. The molecule has 1 aliphatic carbocycles. The summed E-state index contributed by atoms with van der Waals surface area (Å²) in [6.45, 7) is 2.45. The Hall–Kier alpha value is -1.94. The number of hydrogen-bond donors (Lipinski definition) is 2. The number of nitrogens with zero attached hydrogens (tertiary/aromatic N) is 1. The second kappa shape index (κ2) is 5.82. The minimum Gasteiger partial charge on any atom is -0.393 e. The lowest BCUT2D eigenvalue weighted by Gasteiger charge is -2.15. The van der Waals surface area contributed by atoms with Gasteiger partial charge in [0.05, 0.1) is 17.2 Å². The van der Waals surface area contributed by atoms with Gasteiger partial charge in [0.15, 0.2) is 0 Å². The van der Waals surface area contributed by atoms with E-state index in [0.29, 0.717) is 12.1 Å². The van der Waals surface area contributed by atoms with Crippen LogP contribution in [0.5, 0.6) is 0 Å². The topological polar surface area (TPSA) is 62.2 Å². The van der Waals surface area contributed by atoms with Crippen LogP contribution in [0.1, 0.15) is 35.3 Å². The van der Waals surface area contributed by atoms with Crippen molar-refractivity contribution in [3.8, 4) is 0 Å². The molecule has 3 rings (SSSR count). The number of carbonyl (C=O) groups excluding carboxylic acids is 1. The van der Waals surface area contributed by atoms with Crippen molar-refractivity contribution < 1.29 is 9.90 Å². The first kappa shape index (κ1) is 14.0. The van der Waals surface area contributed by atoms with E-state index in [-0.39, 0.29) is 17.9 Å². The number of rotatable bonds is 3. The highest BCUT2D eigenvalue weighted by Gasteiger charge is 2.25. The molecule has 2 unspecified atom stereocenters. The summed E-state index contributed by atoms with van der Waals surface area (Å²) in [6, 6.07) is 9.56. The molecule has 0 aliphatic heterocycles. The number of aliphatic hydroxyl groups excluding tert-OH is 1. The molecule has 21 heavy (non-hydrogen) atoms. The predicted octanol–water partition coefficient (Wildman–Crippen LogP) is 2.43. The highest BCUT2D eigenvalue weighted by Crippen LogP contribution is 2.25. The standard InChI is InChI=1S/C17H20N2O2/c1-11-8-9-12-4-2-6-14(16(12)19-11)17(21)18-10-13-5-3-7-15(13)20/h2,4,6,8-9,13,15,20H,3,5,7,10H2,1H3,(H,18,21). The van der Waals surface area contributed by atoms with E-state index >= 15 is 0 Å². The van der Waals surface area contributed by atoms with Crippen LogP contribution in [0, 0.1) is 12.8 Å². The average molecular weight is 284 g/mol. The number of nitrogens with one attached hydrogen (secondary N) is 1. The van der Waals surface area contributed by atoms with Gasteiger partial charge in [0, 0.05) is 23.5 Å². The van der Waals surface area contributed by atoms with Crippen LogP contribution in [0.2, 0.25) is 0 Å². The Kier molecular flexibility index (Phi) is 3.88. The van der Waals surface area contributed by atoms with Crippen LogP contribution >= 0.6 is 0 Å². The SMILES string of the molecule is Cc1ccc2cccc(C(=O)NCC3CCCC3O)c2n1. The summed E-state index contributed by atoms with van der Waals surface area (Å²) >= 11 is 0. The van der Waals surface area contributed by atoms with E-state index < -0.39 is 0 Å². The molecular formula is C17H20N2O2. The van der Waals surface area contributed by atoms with E-state index in [1.54, 1.807) is 6.07 Å². The molecule has 2 N–H and O–H groups in total. The fraction of sp³-hybridized carbons (Fsp3) is 0.412. The van der Waals surface area contributed by atoms with Gasteiger partial charge in [0.2, 0.25) is 0 Å². The van der Waals surface area contributed by atoms with Crippen molar-refractivity contribution in [3.63, 3.8) is 0 Å². The maximum Gasteiger partial charge on any atom is 0.253 e. The van der Waals surface area contributed by atoms with E-state index in [1.165, 1.54) is 0 Å². The van der Waals surface area contributed by atoms with Gasteiger partial charge in [0.25, 0.3) is 5.91 Å². The molecule has 0 radical (unpaired) electrons. The van der Waals surface area contributed by atoms with E-state index in [4.69, 9.17) is 0 Å². The van der Waals surface area contributed by atoms with Crippen molar-refractivity contribution in [1.29, 1.82) is 0 Å². The second-order valence-corrected chi connectivity index (χ2v) is 5.80. The van der Waals surface area contributed by atoms with Crippen LogP contribution in [0.25, 0.3) is 10.9 Å². The molecule has 2 aromatic rings. The molecule has 1 aromatic heterocycles. The lowest BCUT2D eigenvalue weighted by atomic mass is 10.1. The van der Waals surface area contributed by atoms with Crippen molar-refractivity contribution in [2.75, 3.05) is 6.54 Å². The summed E-state index contributed by atoms with van der Waals surface area (Å²) in [5.41, 5.74) is 2.24. The van der Waals surface area contributed by atoms with Crippen LogP contribution in [-0.4, -0.2) is 28.6 Å². The Bertz CT molecular complexity index is 669. The normalized spacial score (nSPS) is 21.6. The molecule has 1 heterocycles. The summed E-state index contributed by atoms with van der Waals surface area (Å²) in [6.07, 6.45) is 2.58. The van der Waals surface area contributed by atoms with Crippen LogP contribution in [-0.2, 0) is 0 Å². The van der Waals surface area contributed by atoms with Crippen molar-refractivity contribution in [2.24, 2.45) is 5.92 Å². The molecule has 1 amide bonds. The largest absolute Gasteiger partial charge is 0.393 e. The average Bonchev–Trinajstić information content (AvgIpc) is 2.89. The summed E-state index contributed by atoms with van der Waals surface area (Å²) in [7, 11) is 0. The molecule has 0 saturated heterocycles. The van der Waals surface area contributed by atoms with Gasteiger partial charge in [-0.3, -0.25) is 9.78 Å². The minimum atomic E-state index is -0.279. The number of aromatic nitrogens is 1. The number of aliphatic hydroxyl groups is 1. The van der Waals surface area contributed by atoms with E-state index in [1.807, 2.05) is 31.2 Å². The quantitative estimate of drug-likeness (QED) is 0.910. The number of aryl methyl sites for hydroxylation is 1. The molecule has 1 aromatic carbocycles. The Balaban J connectivity index is 1.79. The zero-order chi connectivity index (χ0) is 14.8. The lowest BCUT2D eigenvalue weighted by molar-refractivity contribution is 0.0918. The van der Waals surface area contributed by atoms with Crippen molar-refractivity contribution >= 4 is 16.8 Å². The molecule has 0 bridgehead atoms. The highest BCUT2D eigenvalue weighted by molar-refractivity contribution is 6.05. The number of amides is 1. The van der Waals surface area contributed by atoms with E-state index in [0.717, 1.165) is 35.9 Å².